The smallest absolute Gasteiger partial charge is 0.408 e. The van der Waals surface area contributed by atoms with E-state index in [1.54, 1.807) is 6.92 Å². The van der Waals surface area contributed by atoms with Crippen molar-refractivity contribution in [2.45, 2.75) is 63.7 Å². The van der Waals surface area contributed by atoms with Gasteiger partial charge in [-0.25, -0.2) is 9.59 Å². The molecule has 0 radical (unpaired) electrons. The van der Waals surface area contributed by atoms with E-state index in [-0.39, 0.29) is 12.7 Å². The fraction of sp³-hybridized carbons (Fsp3) is 0.556. The van der Waals surface area contributed by atoms with Crippen LogP contribution in [0.2, 0.25) is 0 Å². The summed E-state index contributed by atoms with van der Waals surface area (Å²) in [5.41, 5.74) is 2.33. The van der Waals surface area contributed by atoms with E-state index in [1.807, 2.05) is 12.1 Å². The van der Waals surface area contributed by atoms with Gasteiger partial charge in [-0.15, -0.1) is 0 Å². The summed E-state index contributed by atoms with van der Waals surface area (Å²) in [4.78, 5) is 22.8. The van der Waals surface area contributed by atoms with Gasteiger partial charge in [0.15, 0.2) is 6.04 Å². The summed E-state index contributed by atoms with van der Waals surface area (Å²) in [5, 5.41) is 2.51. The normalized spacial score (nSPS) is 24.5. The molecule has 0 aromatic heterocycles. The van der Waals surface area contributed by atoms with E-state index in [9.17, 15) is 9.59 Å². The molecule has 0 unspecified atom stereocenters. The molecule has 1 aromatic rings. The van der Waals surface area contributed by atoms with Gasteiger partial charge in [0.2, 0.25) is 0 Å². The van der Waals surface area contributed by atoms with Crippen molar-refractivity contribution in [3.05, 3.63) is 35.4 Å². The van der Waals surface area contributed by atoms with Crippen LogP contribution >= 0.6 is 0 Å². The Kier molecular flexibility index (Phi) is 4.84. The second-order valence-corrected chi connectivity index (χ2v) is 6.42. The fourth-order valence-electron chi connectivity index (χ4n) is 3.26. The minimum Gasteiger partial charge on any atom is -0.458 e. The van der Waals surface area contributed by atoms with Crippen LogP contribution in [-0.4, -0.2) is 24.2 Å². The highest BCUT2D eigenvalue weighted by Crippen LogP contribution is 2.32. The highest BCUT2D eigenvalue weighted by Gasteiger charge is 2.40. The number of ether oxygens (including phenoxy) is 2. The van der Waals surface area contributed by atoms with E-state index in [0.29, 0.717) is 5.92 Å². The van der Waals surface area contributed by atoms with Crippen molar-refractivity contribution in [2.75, 3.05) is 0 Å². The Morgan fingerprint density at radius 1 is 1.22 bits per heavy atom. The summed E-state index contributed by atoms with van der Waals surface area (Å²) in [7, 11) is 0. The predicted molar refractivity (Wildman–Crippen MR) is 84.9 cm³/mol. The Bertz CT molecular complexity index is 563. The lowest BCUT2D eigenvalue weighted by atomic mass is 9.84. The first-order chi connectivity index (χ1) is 11.1. The van der Waals surface area contributed by atoms with Crippen molar-refractivity contribution in [1.82, 2.24) is 5.32 Å². The Morgan fingerprint density at radius 2 is 1.91 bits per heavy atom. The third kappa shape index (κ3) is 3.84. The number of alkyl carbamates (subject to hydrolysis) is 1. The van der Waals surface area contributed by atoms with Crippen LogP contribution in [0, 0.1) is 0 Å². The first-order valence-corrected chi connectivity index (χ1v) is 8.36. The average Bonchev–Trinajstić information content (AvgIpc) is 2.59. The van der Waals surface area contributed by atoms with Crippen LogP contribution in [0.4, 0.5) is 4.79 Å². The molecule has 1 N–H and O–H groups in total. The second-order valence-electron chi connectivity index (χ2n) is 6.42. The van der Waals surface area contributed by atoms with E-state index in [0.717, 1.165) is 5.56 Å². The first kappa shape index (κ1) is 15.8. The molecule has 1 saturated heterocycles. The van der Waals surface area contributed by atoms with Gasteiger partial charge in [0.25, 0.3) is 0 Å². The molecule has 1 saturated carbocycles. The Balaban J connectivity index is 1.46. The SMILES string of the molecule is C[C@@H]1OC(=O)[C@@H]1NC(=O)OCc1ccc(C2CCCCC2)cc1. The van der Waals surface area contributed by atoms with Crippen molar-refractivity contribution in [1.29, 1.82) is 0 Å². The molecule has 5 nitrogen and oxygen atoms in total. The van der Waals surface area contributed by atoms with Crippen LogP contribution in [-0.2, 0) is 20.9 Å². The molecule has 124 valence electrons. The lowest BCUT2D eigenvalue weighted by Crippen LogP contribution is -2.58. The highest BCUT2D eigenvalue weighted by atomic mass is 16.6. The van der Waals surface area contributed by atoms with Gasteiger partial charge in [-0.2, -0.15) is 0 Å². The minimum absolute atomic E-state index is 0.201. The number of hydrogen-bond acceptors (Lipinski definition) is 4. The maximum Gasteiger partial charge on any atom is 0.408 e. The molecule has 1 aliphatic heterocycles. The topological polar surface area (TPSA) is 64.6 Å². The van der Waals surface area contributed by atoms with Crippen molar-refractivity contribution >= 4 is 12.1 Å². The van der Waals surface area contributed by atoms with Crippen molar-refractivity contribution in [3.8, 4) is 0 Å². The third-order valence-electron chi connectivity index (χ3n) is 4.72. The van der Waals surface area contributed by atoms with E-state index in [1.165, 1.54) is 37.7 Å². The van der Waals surface area contributed by atoms with Crippen LogP contribution in [0.15, 0.2) is 24.3 Å². The molecule has 1 heterocycles. The maximum absolute atomic E-state index is 11.7. The molecule has 1 amide bonds. The molecule has 0 spiro atoms. The number of benzene rings is 1. The van der Waals surface area contributed by atoms with Crippen LogP contribution in [0.1, 0.15) is 56.1 Å². The standard InChI is InChI=1S/C18H23NO4/c1-12-16(17(20)23-12)19-18(21)22-11-13-7-9-15(10-8-13)14-5-3-2-4-6-14/h7-10,12,14,16H,2-6,11H2,1H3,(H,19,21)/t12-,16+/m0/s1. The molecule has 23 heavy (non-hydrogen) atoms. The largest absolute Gasteiger partial charge is 0.458 e. The van der Waals surface area contributed by atoms with E-state index in [4.69, 9.17) is 9.47 Å². The monoisotopic (exact) mass is 317 g/mol. The maximum atomic E-state index is 11.7. The summed E-state index contributed by atoms with van der Waals surface area (Å²) in [6.45, 7) is 1.93. The highest BCUT2D eigenvalue weighted by molar-refractivity contribution is 5.86. The Morgan fingerprint density at radius 3 is 2.52 bits per heavy atom. The zero-order chi connectivity index (χ0) is 16.2. The van der Waals surface area contributed by atoms with Gasteiger partial charge in [-0.05, 0) is 36.8 Å². The van der Waals surface area contributed by atoms with Gasteiger partial charge in [-0.1, -0.05) is 43.5 Å². The zero-order valence-corrected chi connectivity index (χ0v) is 13.4. The molecule has 0 bridgehead atoms. The molecule has 2 fully saturated rings. The van der Waals surface area contributed by atoms with Crippen molar-refractivity contribution in [3.63, 3.8) is 0 Å². The van der Waals surface area contributed by atoms with Crippen LogP contribution in [0.25, 0.3) is 0 Å². The van der Waals surface area contributed by atoms with E-state index in [2.05, 4.69) is 17.4 Å². The number of hydrogen-bond donors (Lipinski definition) is 1. The summed E-state index contributed by atoms with van der Waals surface area (Å²) < 4.78 is 9.94. The average molecular weight is 317 g/mol. The van der Waals surface area contributed by atoms with E-state index >= 15 is 0 Å². The zero-order valence-electron chi connectivity index (χ0n) is 13.4. The Hall–Kier alpha value is -2.04. The van der Waals surface area contributed by atoms with Crippen molar-refractivity contribution in [2.24, 2.45) is 0 Å². The lowest BCUT2D eigenvalue weighted by Gasteiger charge is -2.32. The Labute approximate surface area is 136 Å². The number of carbonyl (C=O) groups is 2. The van der Waals surface area contributed by atoms with Gasteiger partial charge in [0.05, 0.1) is 0 Å². The van der Waals surface area contributed by atoms with Gasteiger partial charge in [0.1, 0.15) is 12.7 Å². The second kappa shape index (κ2) is 7.02. The molecule has 5 heteroatoms. The summed E-state index contributed by atoms with van der Waals surface area (Å²) in [6, 6.07) is 7.71. The quantitative estimate of drug-likeness (QED) is 0.866. The first-order valence-electron chi connectivity index (χ1n) is 8.36. The molecule has 3 rings (SSSR count). The number of cyclic esters (lactones) is 1. The number of esters is 1. The molecular weight excluding hydrogens is 294 g/mol. The van der Waals surface area contributed by atoms with E-state index < -0.39 is 18.1 Å². The predicted octanol–water partition coefficient (Wildman–Crippen LogP) is 3.27. The third-order valence-corrected chi connectivity index (χ3v) is 4.72. The number of amides is 1. The minimum atomic E-state index is -0.588. The molecule has 2 aliphatic rings. The molecular formula is C18H23NO4. The van der Waals surface area contributed by atoms with Gasteiger partial charge >= 0.3 is 12.1 Å². The summed E-state index contributed by atoms with van der Waals surface area (Å²) in [6.07, 6.45) is 5.65. The van der Waals surface area contributed by atoms with Crippen LogP contribution in [0.3, 0.4) is 0 Å². The lowest BCUT2D eigenvalue weighted by molar-refractivity contribution is -0.174. The van der Waals surface area contributed by atoms with Crippen LogP contribution < -0.4 is 5.32 Å². The van der Waals surface area contributed by atoms with Crippen molar-refractivity contribution < 1.29 is 19.1 Å². The fourth-order valence-corrected chi connectivity index (χ4v) is 3.26. The number of carbonyl (C=O) groups excluding carboxylic acids is 2. The number of rotatable bonds is 4. The molecule has 1 aliphatic carbocycles. The number of nitrogens with one attached hydrogen (secondary N) is 1. The molecule has 1 aromatic carbocycles. The van der Waals surface area contributed by atoms with Crippen LogP contribution in [0.5, 0.6) is 0 Å². The summed E-state index contributed by atoms with van der Waals surface area (Å²) in [5.74, 6) is 0.263. The van der Waals surface area contributed by atoms with Gasteiger partial charge < -0.3 is 14.8 Å². The van der Waals surface area contributed by atoms with Gasteiger partial charge in [0, 0.05) is 0 Å². The molecule has 2 atom stereocenters. The van der Waals surface area contributed by atoms with Gasteiger partial charge in [-0.3, -0.25) is 0 Å². The summed E-state index contributed by atoms with van der Waals surface area (Å²) >= 11 is 0.